The van der Waals surface area contributed by atoms with Gasteiger partial charge in [-0.2, -0.15) is 0 Å². The molecule has 1 aromatic carbocycles. The number of hydrogen-bond acceptors (Lipinski definition) is 6. The van der Waals surface area contributed by atoms with Crippen molar-refractivity contribution in [1.82, 2.24) is 0 Å². The lowest BCUT2D eigenvalue weighted by atomic mass is 10.2. The van der Waals surface area contributed by atoms with Crippen LogP contribution in [0.1, 0.15) is 18.2 Å². The van der Waals surface area contributed by atoms with Gasteiger partial charge >= 0.3 is 5.97 Å². The first kappa shape index (κ1) is 19.5. The van der Waals surface area contributed by atoms with E-state index in [2.05, 4.69) is 10.6 Å². The van der Waals surface area contributed by atoms with Crippen molar-refractivity contribution >= 4 is 40.5 Å². The highest BCUT2D eigenvalue weighted by Crippen LogP contribution is 2.27. The van der Waals surface area contributed by atoms with Crippen molar-refractivity contribution in [3.05, 3.63) is 40.6 Å². The van der Waals surface area contributed by atoms with Crippen LogP contribution in [0.15, 0.2) is 35.7 Å². The van der Waals surface area contributed by atoms with E-state index in [1.54, 1.807) is 29.5 Å². The molecular weight excluding hydrogens is 356 g/mol. The number of methoxy groups -OCH3 is 1. The van der Waals surface area contributed by atoms with E-state index in [0.717, 1.165) is 4.88 Å². The fraction of sp³-hybridized carbons (Fsp3) is 0.278. The highest BCUT2D eigenvalue weighted by atomic mass is 32.1. The molecule has 2 amide bonds. The van der Waals surface area contributed by atoms with Gasteiger partial charge in [0.25, 0.3) is 5.91 Å². The van der Waals surface area contributed by atoms with Crippen LogP contribution in [0.25, 0.3) is 0 Å². The minimum Gasteiger partial charge on any atom is -0.495 e. The van der Waals surface area contributed by atoms with Crippen molar-refractivity contribution in [2.75, 3.05) is 24.4 Å². The summed E-state index contributed by atoms with van der Waals surface area (Å²) >= 11 is 1.57. The van der Waals surface area contributed by atoms with Crippen molar-refractivity contribution in [3.8, 4) is 5.75 Å². The van der Waals surface area contributed by atoms with E-state index in [9.17, 15) is 14.4 Å². The summed E-state index contributed by atoms with van der Waals surface area (Å²) in [5, 5.41) is 7.17. The molecule has 2 aromatic rings. The van der Waals surface area contributed by atoms with E-state index >= 15 is 0 Å². The van der Waals surface area contributed by atoms with Gasteiger partial charge in [-0.15, -0.1) is 11.3 Å². The van der Waals surface area contributed by atoms with Gasteiger partial charge in [-0.05, 0) is 36.1 Å². The largest absolute Gasteiger partial charge is 0.495 e. The Kier molecular flexibility index (Phi) is 7.16. The number of nitrogens with one attached hydrogen (secondary N) is 2. The number of ether oxygens (including phenoxy) is 2. The molecule has 0 bridgehead atoms. The minimum absolute atomic E-state index is 0.217. The van der Waals surface area contributed by atoms with Crippen LogP contribution in [0.3, 0.4) is 0 Å². The molecule has 0 fully saturated rings. The minimum atomic E-state index is -0.493. The molecule has 1 aromatic heterocycles. The van der Waals surface area contributed by atoms with Crippen LogP contribution in [0.4, 0.5) is 11.4 Å². The Bertz CT molecular complexity index is 774. The van der Waals surface area contributed by atoms with Gasteiger partial charge in [0, 0.05) is 17.5 Å². The van der Waals surface area contributed by atoms with Gasteiger partial charge in [-0.3, -0.25) is 14.4 Å². The molecule has 8 heteroatoms. The van der Waals surface area contributed by atoms with Crippen LogP contribution in [-0.4, -0.2) is 31.5 Å². The first-order valence-corrected chi connectivity index (χ1v) is 8.79. The smallest absolute Gasteiger partial charge is 0.306 e. The lowest BCUT2D eigenvalue weighted by Crippen LogP contribution is -2.21. The molecule has 26 heavy (non-hydrogen) atoms. The molecule has 0 spiro atoms. The maximum absolute atomic E-state index is 12.0. The third-order valence-corrected chi connectivity index (χ3v) is 4.25. The lowest BCUT2D eigenvalue weighted by Gasteiger charge is -2.12. The topological polar surface area (TPSA) is 93.7 Å². The molecule has 7 nitrogen and oxygen atoms in total. The fourth-order valence-corrected chi connectivity index (χ4v) is 2.88. The van der Waals surface area contributed by atoms with Crippen LogP contribution < -0.4 is 15.4 Å². The molecule has 2 N–H and O–H groups in total. The van der Waals surface area contributed by atoms with Crippen LogP contribution >= 0.6 is 11.3 Å². The first-order valence-electron chi connectivity index (χ1n) is 7.91. The molecule has 0 aliphatic heterocycles. The number of carbonyl (C=O) groups excluding carboxylic acids is 3. The van der Waals surface area contributed by atoms with Crippen molar-refractivity contribution in [2.24, 2.45) is 0 Å². The van der Waals surface area contributed by atoms with Crippen LogP contribution in [0.2, 0.25) is 0 Å². The molecule has 2 rings (SSSR count). The monoisotopic (exact) mass is 376 g/mol. The number of rotatable bonds is 8. The van der Waals surface area contributed by atoms with Gasteiger partial charge < -0.3 is 20.1 Å². The Labute approximate surface area is 155 Å². The Morgan fingerprint density at radius 3 is 2.62 bits per heavy atom. The second-order valence-electron chi connectivity index (χ2n) is 5.38. The summed E-state index contributed by atoms with van der Waals surface area (Å²) in [4.78, 5) is 36.0. The van der Waals surface area contributed by atoms with Gasteiger partial charge in [-0.1, -0.05) is 6.07 Å². The number of aryl methyl sites for hydroxylation is 1. The zero-order valence-corrected chi connectivity index (χ0v) is 15.4. The normalized spacial score (nSPS) is 10.1. The summed E-state index contributed by atoms with van der Waals surface area (Å²) in [6.07, 6.45) is 0.805. The molecule has 0 radical (unpaired) electrons. The number of esters is 1. The fourth-order valence-electron chi connectivity index (χ4n) is 2.17. The second-order valence-corrected chi connectivity index (χ2v) is 6.42. The average molecular weight is 376 g/mol. The summed E-state index contributed by atoms with van der Waals surface area (Å²) in [5.74, 6) is -0.733. The van der Waals surface area contributed by atoms with Crippen molar-refractivity contribution in [1.29, 1.82) is 0 Å². The number of carbonyl (C=O) groups is 3. The molecule has 0 aliphatic rings. The van der Waals surface area contributed by atoms with E-state index in [4.69, 9.17) is 9.47 Å². The average Bonchev–Trinajstić information content (AvgIpc) is 3.11. The molecular formula is C18H20N2O5S. The van der Waals surface area contributed by atoms with Crippen LogP contribution in [0.5, 0.6) is 5.75 Å². The number of amides is 2. The maximum atomic E-state index is 12.0. The maximum Gasteiger partial charge on any atom is 0.306 e. The van der Waals surface area contributed by atoms with Gasteiger partial charge in [0.05, 0.1) is 19.2 Å². The third kappa shape index (κ3) is 6.21. The highest BCUT2D eigenvalue weighted by Gasteiger charge is 2.12. The Hall–Kier alpha value is -2.87. The quantitative estimate of drug-likeness (QED) is 0.691. The standard InChI is InChI=1S/C18H20N2O5S/c1-12(21)19-13-5-7-16(24-2)15(10-13)20-17(22)11-25-18(23)8-6-14-4-3-9-26-14/h3-5,7,9-10H,6,8,11H2,1-2H3,(H,19,21)(H,20,22). The molecule has 0 aliphatic carbocycles. The summed E-state index contributed by atoms with van der Waals surface area (Å²) in [6, 6.07) is 8.70. The SMILES string of the molecule is COc1ccc(NC(C)=O)cc1NC(=O)COC(=O)CCc1cccs1. The van der Waals surface area contributed by atoms with Crippen molar-refractivity contribution in [3.63, 3.8) is 0 Å². The van der Waals surface area contributed by atoms with Gasteiger partial charge in [0.1, 0.15) is 5.75 Å². The number of benzene rings is 1. The van der Waals surface area contributed by atoms with Crippen molar-refractivity contribution < 1.29 is 23.9 Å². The third-order valence-electron chi connectivity index (χ3n) is 3.31. The van der Waals surface area contributed by atoms with Gasteiger partial charge in [0.15, 0.2) is 6.61 Å². The van der Waals surface area contributed by atoms with Gasteiger partial charge in [-0.25, -0.2) is 0 Å². The molecule has 0 atom stereocenters. The number of anilines is 2. The molecule has 0 saturated heterocycles. The summed E-state index contributed by atoms with van der Waals surface area (Å²) in [5.41, 5.74) is 0.889. The number of hydrogen-bond donors (Lipinski definition) is 2. The van der Waals surface area contributed by atoms with E-state index in [1.165, 1.54) is 14.0 Å². The molecule has 0 saturated carbocycles. The molecule has 0 unspecified atom stereocenters. The zero-order valence-electron chi connectivity index (χ0n) is 14.5. The van der Waals surface area contributed by atoms with Crippen LogP contribution in [0, 0.1) is 0 Å². The van der Waals surface area contributed by atoms with E-state index in [-0.39, 0.29) is 12.3 Å². The van der Waals surface area contributed by atoms with Gasteiger partial charge in [0.2, 0.25) is 5.91 Å². The van der Waals surface area contributed by atoms with Crippen LogP contribution in [-0.2, 0) is 25.5 Å². The Balaban J connectivity index is 1.86. The second kappa shape index (κ2) is 9.57. The molecule has 1 heterocycles. The predicted molar refractivity (Wildman–Crippen MR) is 99.5 cm³/mol. The predicted octanol–water partition coefficient (Wildman–Crippen LogP) is 2.83. The first-order chi connectivity index (χ1) is 12.5. The number of thiophene rings is 1. The van der Waals surface area contributed by atoms with Crippen molar-refractivity contribution in [2.45, 2.75) is 19.8 Å². The van der Waals surface area contributed by atoms with E-state index < -0.39 is 18.5 Å². The highest BCUT2D eigenvalue weighted by molar-refractivity contribution is 7.09. The Morgan fingerprint density at radius 2 is 1.96 bits per heavy atom. The van der Waals surface area contributed by atoms with E-state index in [0.29, 0.717) is 23.5 Å². The Morgan fingerprint density at radius 1 is 1.15 bits per heavy atom. The summed E-state index contributed by atoms with van der Waals surface area (Å²) in [6.45, 7) is 0.995. The lowest BCUT2D eigenvalue weighted by molar-refractivity contribution is -0.147. The molecule has 138 valence electrons. The summed E-state index contributed by atoms with van der Waals surface area (Å²) in [7, 11) is 1.47. The summed E-state index contributed by atoms with van der Waals surface area (Å²) < 4.78 is 10.2. The zero-order chi connectivity index (χ0) is 18.9. The van der Waals surface area contributed by atoms with E-state index in [1.807, 2.05) is 17.5 Å².